The minimum atomic E-state index is -4.19. The Bertz CT molecular complexity index is 569. The second-order valence-electron chi connectivity index (χ2n) is 5.97. The molecule has 1 saturated heterocycles. The smallest absolute Gasteiger partial charge is 0.401 e. The van der Waals surface area contributed by atoms with Crippen LogP contribution in [0.5, 0.6) is 5.75 Å². The number of hydrogen-bond donors (Lipinski definition) is 0. The number of aryl methyl sites for hydroxylation is 1. The second-order valence-corrected chi connectivity index (χ2v) is 5.97. The van der Waals surface area contributed by atoms with Crippen LogP contribution in [0, 0.1) is 0 Å². The standard InChI is InChI=1S/C16H19F3N2O2/c17-16(18,19)11-20-7-9-21(10-8-20)15(22)14-6-5-12-3-1-2-4-13(12)23-14/h1-4,14H,5-11H2. The van der Waals surface area contributed by atoms with Crippen molar-refractivity contribution in [1.82, 2.24) is 9.80 Å². The van der Waals surface area contributed by atoms with Gasteiger partial charge in [0.15, 0.2) is 6.10 Å². The van der Waals surface area contributed by atoms with Gasteiger partial charge < -0.3 is 9.64 Å². The number of nitrogens with zero attached hydrogens (tertiary/aromatic N) is 2. The van der Waals surface area contributed by atoms with Crippen LogP contribution in [0.25, 0.3) is 0 Å². The number of carbonyl (C=O) groups excluding carboxylic acids is 1. The van der Waals surface area contributed by atoms with E-state index in [9.17, 15) is 18.0 Å². The second kappa shape index (κ2) is 6.39. The van der Waals surface area contributed by atoms with Crippen molar-refractivity contribution in [2.24, 2.45) is 0 Å². The monoisotopic (exact) mass is 328 g/mol. The predicted octanol–water partition coefficient (Wildman–Crippen LogP) is 2.09. The van der Waals surface area contributed by atoms with Crippen molar-refractivity contribution in [1.29, 1.82) is 0 Å². The molecule has 0 aliphatic carbocycles. The Labute approximate surface area is 132 Å². The van der Waals surface area contributed by atoms with E-state index in [0.29, 0.717) is 19.5 Å². The molecule has 1 fully saturated rings. The van der Waals surface area contributed by atoms with Crippen LogP contribution in [0.2, 0.25) is 0 Å². The Morgan fingerprint density at radius 1 is 1.17 bits per heavy atom. The summed E-state index contributed by atoms with van der Waals surface area (Å²) in [6, 6.07) is 7.62. The molecule has 0 spiro atoms. The molecule has 3 rings (SSSR count). The summed E-state index contributed by atoms with van der Waals surface area (Å²) >= 11 is 0. The molecular weight excluding hydrogens is 309 g/mol. The third kappa shape index (κ3) is 3.96. The van der Waals surface area contributed by atoms with Crippen LogP contribution in [0.1, 0.15) is 12.0 Å². The number of para-hydroxylation sites is 1. The summed E-state index contributed by atoms with van der Waals surface area (Å²) < 4.78 is 42.9. The molecule has 4 nitrogen and oxygen atoms in total. The highest BCUT2D eigenvalue weighted by Crippen LogP contribution is 2.28. The third-order valence-electron chi connectivity index (χ3n) is 4.28. The fourth-order valence-electron chi connectivity index (χ4n) is 3.08. The maximum absolute atomic E-state index is 12.5. The van der Waals surface area contributed by atoms with Gasteiger partial charge in [0, 0.05) is 26.2 Å². The van der Waals surface area contributed by atoms with Gasteiger partial charge in [-0.15, -0.1) is 0 Å². The zero-order chi connectivity index (χ0) is 16.4. The lowest BCUT2D eigenvalue weighted by Gasteiger charge is -2.37. The molecule has 2 aliphatic heterocycles. The Morgan fingerprint density at radius 2 is 1.87 bits per heavy atom. The van der Waals surface area contributed by atoms with Gasteiger partial charge in [0.05, 0.1) is 6.54 Å². The van der Waals surface area contributed by atoms with Crippen LogP contribution in [0.3, 0.4) is 0 Å². The van der Waals surface area contributed by atoms with Gasteiger partial charge in [0.1, 0.15) is 5.75 Å². The first kappa shape index (κ1) is 16.1. The maximum Gasteiger partial charge on any atom is 0.401 e. The topological polar surface area (TPSA) is 32.8 Å². The van der Waals surface area contributed by atoms with Gasteiger partial charge in [-0.05, 0) is 24.5 Å². The Kier molecular flexibility index (Phi) is 4.48. The van der Waals surface area contributed by atoms with Gasteiger partial charge in [0.25, 0.3) is 5.91 Å². The van der Waals surface area contributed by atoms with Crippen LogP contribution in [-0.4, -0.2) is 60.7 Å². The molecule has 1 aromatic rings. The van der Waals surface area contributed by atoms with E-state index in [1.165, 1.54) is 4.90 Å². The first-order valence-corrected chi connectivity index (χ1v) is 7.75. The Morgan fingerprint density at radius 3 is 2.57 bits per heavy atom. The zero-order valence-corrected chi connectivity index (χ0v) is 12.7. The van der Waals surface area contributed by atoms with E-state index in [1.54, 1.807) is 4.90 Å². The number of amides is 1. The average molecular weight is 328 g/mol. The number of carbonyl (C=O) groups is 1. The molecule has 1 atom stereocenters. The molecule has 0 saturated carbocycles. The fraction of sp³-hybridized carbons (Fsp3) is 0.562. The molecule has 23 heavy (non-hydrogen) atoms. The quantitative estimate of drug-likeness (QED) is 0.833. The maximum atomic E-state index is 12.5. The van der Waals surface area contributed by atoms with E-state index >= 15 is 0 Å². The third-order valence-corrected chi connectivity index (χ3v) is 4.28. The summed E-state index contributed by atoms with van der Waals surface area (Å²) in [4.78, 5) is 15.5. The lowest BCUT2D eigenvalue weighted by Crippen LogP contribution is -2.54. The van der Waals surface area contributed by atoms with Gasteiger partial charge in [0.2, 0.25) is 0 Å². The van der Waals surface area contributed by atoms with Crippen LogP contribution < -0.4 is 4.74 Å². The molecule has 126 valence electrons. The number of halogens is 3. The van der Waals surface area contributed by atoms with Crippen molar-refractivity contribution in [3.63, 3.8) is 0 Å². The molecular formula is C16H19F3N2O2. The van der Waals surface area contributed by atoms with Gasteiger partial charge >= 0.3 is 6.18 Å². The van der Waals surface area contributed by atoms with Crippen LogP contribution >= 0.6 is 0 Å². The summed E-state index contributed by atoms with van der Waals surface area (Å²) in [7, 11) is 0. The molecule has 1 aromatic carbocycles. The number of piperazine rings is 1. The Hall–Kier alpha value is -1.76. The lowest BCUT2D eigenvalue weighted by atomic mass is 10.0. The normalized spacial score (nSPS) is 22.4. The number of hydrogen-bond acceptors (Lipinski definition) is 3. The highest BCUT2D eigenvalue weighted by molar-refractivity contribution is 5.81. The SMILES string of the molecule is O=C(C1CCc2ccccc2O1)N1CCN(CC(F)(F)F)CC1. The number of benzene rings is 1. The molecule has 7 heteroatoms. The summed E-state index contributed by atoms with van der Waals surface area (Å²) in [5, 5.41) is 0. The van der Waals surface area contributed by atoms with Crippen molar-refractivity contribution < 1.29 is 22.7 Å². The molecule has 0 radical (unpaired) electrons. The molecule has 2 heterocycles. The van der Waals surface area contributed by atoms with Crippen molar-refractivity contribution in [2.75, 3.05) is 32.7 Å². The van der Waals surface area contributed by atoms with E-state index in [2.05, 4.69) is 0 Å². The highest BCUT2D eigenvalue weighted by Gasteiger charge is 2.35. The van der Waals surface area contributed by atoms with Crippen LogP contribution in [0.15, 0.2) is 24.3 Å². The van der Waals surface area contributed by atoms with Crippen LogP contribution in [0.4, 0.5) is 13.2 Å². The highest BCUT2D eigenvalue weighted by atomic mass is 19.4. The Balaban J connectivity index is 1.54. The van der Waals surface area contributed by atoms with Gasteiger partial charge in [-0.1, -0.05) is 18.2 Å². The number of alkyl halides is 3. The molecule has 1 amide bonds. The van der Waals surface area contributed by atoms with Gasteiger partial charge in [-0.25, -0.2) is 0 Å². The van der Waals surface area contributed by atoms with Gasteiger partial charge in [-0.3, -0.25) is 9.69 Å². The van der Waals surface area contributed by atoms with Crippen molar-refractivity contribution in [2.45, 2.75) is 25.1 Å². The zero-order valence-electron chi connectivity index (χ0n) is 12.7. The molecule has 0 bridgehead atoms. The van der Waals surface area contributed by atoms with Crippen molar-refractivity contribution in [3.8, 4) is 5.75 Å². The van der Waals surface area contributed by atoms with Crippen LogP contribution in [-0.2, 0) is 11.2 Å². The largest absolute Gasteiger partial charge is 0.480 e. The average Bonchev–Trinajstić information content (AvgIpc) is 2.53. The number of fused-ring (bicyclic) bond motifs is 1. The van der Waals surface area contributed by atoms with E-state index in [0.717, 1.165) is 17.7 Å². The van der Waals surface area contributed by atoms with E-state index in [1.807, 2.05) is 24.3 Å². The molecule has 0 aromatic heterocycles. The summed E-state index contributed by atoms with van der Waals surface area (Å²) in [6.07, 6.45) is -3.33. The first-order valence-electron chi connectivity index (χ1n) is 7.75. The van der Waals surface area contributed by atoms with Crippen molar-refractivity contribution in [3.05, 3.63) is 29.8 Å². The van der Waals surface area contributed by atoms with Crippen molar-refractivity contribution >= 4 is 5.91 Å². The minimum absolute atomic E-state index is 0.119. The van der Waals surface area contributed by atoms with E-state index in [-0.39, 0.29) is 19.0 Å². The first-order chi connectivity index (χ1) is 10.9. The molecule has 0 N–H and O–H groups in total. The molecule has 2 aliphatic rings. The van der Waals surface area contributed by atoms with Gasteiger partial charge in [-0.2, -0.15) is 13.2 Å². The lowest BCUT2D eigenvalue weighted by molar-refractivity contribution is -0.154. The summed E-state index contributed by atoms with van der Waals surface area (Å²) in [5.41, 5.74) is 1.09. The number of ether oxygens (including phenoxy) is 1. The summed E-state index contributed by atoms with van der Waals surface area (Å²) in [5.74, 6) is 0.610. The predicted molar refractivity (Wildman–Crippen MR) is 78.3 cm³/mol. The number of rotatable bonds is 2. The fourth-order valence-corrected chi connectivity index (χ4v) is 3.08. The van der Waals surface area contributed by atoms with E-state index < -0.39 is 18.8 Å². The molecule has 1 unspecified atom stereocenters. The minimum Gasteiger partial charge on any atom is -0.480 e. The summed E-state index contributed by atoms with van der Waals surface area (Å²) in [6.45, 7) is 0.207. The van der Waals surface area contributed by atoms with E-state index in [4.69, 9.17) is 4.74 Å².